The van der Waals surface area contributed by atoms with E-state index < -0.39 is 0 Å². The van der Waals surface area contributed by atoms with Crippen molar-refractivity contribution in [3.63, 3.8) is 0 Å². The molecule has 1 unspecified atom stereocenters. The molecular formula is C16H18FNO. The summed E-state index contributed by atoms with van der Waals surface area (Å²) in [5.41, 5.74) is 7.05. The zero-order valence-electron chi connectivity index (χ0n) is 11.0. The first kappa shape index (κ1) is 13.6. The van der Waals surface area contributed by atoms with E-state index in [1.54, 1.807) is 12.1 Å². The van der Waals surface area contributed by atoms with Crippen molar-refractivity contribution in [1.82, 2.24) is 0 Å². The number of halogens is 1. The Labute approximate surface area is 113 Å². The van der Waals surface area contributed by atoms with Gasteiger partial charge in [-0.05, 0) is 48.7 Å². The van der Waals surface area contributed by atoms with Gasteiger partial charge in [-0.15, -0.1) is 0 Å². The molecule has 2 N–H and O–H groups in total. The third-order valence-electron chi connectivity index (χ3n) is 3.02. The van der Waals surface area contributed by atoms with Gasteiger partial charge in [0.15, 0.2) is 0 Å². The van der Waals surface area contributed by atoms with E-state index in [2.05, 4.69) is 6.92 Å². The fraction of sp³-hybridized carbons (Fsp3) is 0.250. The number of nitrogens with two attached hydrogens (primary N) is 1. The summed E-state index contributed by atoms with van der Waals surface area (Å²) >= 11 is 0. The van der Waals surface area contributed by atoms with Gasteiger partial charge in [0.05, 0.1) is 0 Å². The van der Waals surface area contributed by atoms with E-state index in [9.17, 15) is 4.39 Å². The van der Waals surface area contributed by atoms with Crippen LogP contribution in [0.5, 0.6) is 11.5 Å². The molecule has 0 bridgehead atoms. The van der Waals surface area contributed by atoms with Crippen LogP contribution in [-0.4, -0.2) is 6.04 Å². The second-order valence-corrected chi connectivity index (χ2v) is 4.54. The lowest BCUT2D eigenvalue weighted by atomic mass is 10.0. The molecule has 19 heavy (non-hydrogen) atoms. The summed E-state index contributed by atoms with van der Waals surface area (Å²) in [6, 6.07) is 13.9. The smallest absolute Gasteiger partial charge is 0.130 e. The minimum atomic E-state index is -0.270. The Bertz CT molecular complexity index is 525. The molecule has 2 aromatic carbocycles. The van der Waals surface area contributed by atoms with Crippen molar-refractivity contribution >= 4 is 0 Å². The van der Waals surface area contributed by atoms with Crippen molar-refractivity contribution in [2.75, 3.05) is 0 Å². The first-order valence-corrected chi connectivity index (χ1v) is 6.46. The topological polar surface area (TPSA) is 35.2 Å². The molecule has 0 amide bonds. The van der Waals surface area contributed by atoms with Crippen LogP contribution in [0, 0.1) is 5.82 Å². The van der Waals surface area contributed by atoms with Gasteiger partial charge in [0.1, 0.15) is 17.3 Å². The minimum Gasteiger partial charge on any atom is -0.457 e. The summed E-state index contributed by atoms with van der Waals surface area (Å²) < 4.78 is 18.6. The maximum absolute atomic E-state index is 12.9. The van der Waals surface area contributed by atoms with Crippen LogP contribution in [0.3, 0.4) is 0 Å². The van der Waals surface area contributed by atoms with Gasteiger partial charge in [0.2, 0.25) is 0 Å². The van der Waals surface area contributed by atoms with Crippen molar-refractivity contribution in [3.05, 3.63) is 59.9 Å². The normalized spacial score (nSPS) is 12.2. The molecule has 100 valence electrons. The second kappa shape index (κ2) is 6.34. The highest BCUT2D eigenvalue weighted by atomic mass is 19.1. The molecule has 0 aliphatic rings. The zero-order valence-corrected chi connectivity index (χ0v) is 11.0. The van der Waals surface area contributed by atoms with Crippen molar-refractivity contribution in [2.45, 2.75) is 25.8 Å². The molecule has 0 aliphatic carbocycles. The molecule has 0 aromatic heterocycles. The molecule has 2 aromatic rings. The Morgan fingerprint density at radius 1 is 1.11 bits per heavy atom. The molecule has 2 rings (SSSR count). The molecule has 2 nitrogen and oxygen atoms in total. The van der Waals surface area contributed by atoms with Crippen LogP contribution >= 0.6 is 0 Å². The number of rotatable bonds is 5. The summed E-state index contributed by atoms with van der Waals surface area (Å²) in [4.78, 5) is 0. The minimum absolute atomic E-state index is 0.123. The van der Waals surface area contributed by atoms with Crippen LogP contribution in [0.1, 0.15) is 18.9 Å². The third-order valence-corrected chi connectivity index (χ3v) is 3.02. The summed E-state index contributed by atoms with van der Waals surface area (Å²) in [7, 11) is 0. The van der Waals surface area contributed by atoms with Crippen LogP contribution in [0.2, 0.25) is 0 Å². The Morgan fingerprint density at radius 2 is 1.79 bits per heavy atom. The van der Waals surface area contributed by atoms with Gasteiger partial charge in [-0.3, -0.25) is 0 Å². The predicted octanol–water partition coefficient (Wildman–Crippen LogP) is 3.90. The SMILES string of the molecule is CCC(N)Cc1ccccc1Oc1ccc(F)cc1. The molecule has 0 aliphatic heterocycles. The van der Waals surface area contributed by atoms with Crippen molar-refractivity contribution in [3.8, 4) is 11.5 Å². The van der Waals surface area contributed by atoms with Gasteiger partial charge in [-0.25, -0.2) is 4.39 Å². The Balaban J connectivity index is 2.17. The van der Waals surface area contributed by atoms with E-state index >= 15 is 0 Å². The largest absolute Gasteiger partial charge is 0.457 e. The predicted molar refractivity (Wildman–Crippen MR) is 74.9 cm³/mol. The van der Waals surface area contributed by atoms with Gasteiger partial charge in [0, 0.05) is 6.04 Å². The fourth-order valence-corrected chi connectivity index (χ4v) is 1.83. The molecule has 0 heterocycles. The maximum atomic E-state index is 12.9. The van der Waals surface area contributed by atoms with Crippen LogP contribution in [0.15, 0.2) is 48.5 Å². The van der Waals surface area contributed by atoms with Gasteiger partial charge >= 0.3 is 0 Å². The highest BCUT2D eigenvalue weighted by Gasteiger charge is 2.08. The van der Waals surface area contributed by atoms with Gasteiger partial charge in [-0.2, -0.15) is 0 Å². The van der Waals surface area contributed by atoms with Gasteiger partial charge in [-0.1, -0.05) is 25.1 Å². The molecular weight excluding hydrogens is 241 g/mol. The van der Waals surface area contributed by atoms with Crippen LogP contribution in [0.4, 0.5) is 4.39 Å². The summed E-state index contributed by atoms with van der Waals surface area (Å²) in [5.74, 6) is 1.13. The lowest BCUT2D eigenvalue weighted by molar-refractivity contribution is 0.470. The lowest BCUT2D eigenvalue weighted by Crippen LogP contribution is -2.21. The second-order valence-electron chi connectivity index (χ2n) is 4.54. The van der Waals surface area contributed by atoms with Crippen molar-refractivity contribution in [1.29, 1.82) is 0 Å². The standard InChI is InChI=1S/C16H18FNO/c1-2-14(18)11-12-5-3-4-6-16(12)19-15-9-7-13(17)8-10-15/h3-10,14H,2,11,18H2,1H3. The first-order valence-electron chi connectivity index (χ1n) is 6.46. The van der Waals surface area contributed by atoms with Gasteiger partial charge in [0.25, 0.3) is 0 Å². The maximum Gasteiger partial charge on any atom is 0.130 e. The molecule has 0 saturated heterocycles. The lowest BCUT2D eigenvalue weighted by Gasteiger charge is -2.14. The average Bonchev–Trinajstić information content (AvgIpc) is 2.43. The highest BCUT2D eigenvalue weighted by molar-refractivity contribution is 5.38. The number of hydrogen-bond donors (Lipinski definition) is 1. The Kier molecular flexibility index (Phi) is 4.53. The number of para-hydroxylation sites is 1. The van der Waals surface area contributed by atoms with Gasteiger partial charge < -0.3 is 10.5 Å². The number of benzene rings is 2. The van der Waals surface area contributed by atoms with E-state index in [4.69, 9.17) is 10.5 Å². The molecule has 3 heteroatoms. The van der Waals surface area contributed by atoms with E-state index in [-0.39, 0.29) is 11.9 Å². The van der Waals surface area contributed by atoms with Crippen LogP contribution in [0.25, 0.3) is 0 Å². The molecule has 0 fully saturated rings. The zero-order chi connectivity index (χ0) is 13.7. The summed E-state index contributed by atoms with van der Waals surface area (Å²) in [5, 5.41) is 0. The quantitative estimate of drug-likeness (QED) is 0.883. The first-order chi connectivity index (χ1) is 9.19. The summed E-state index contributed by atoms with van der Waals surface area (Å²) in [6.45, 7) is 2.06. The summed E-state index contributed by atoms with van der Waals surface area (Å²) in [6.07, 6.45) is 1.69. The monoisotopic (exact) mass is 259 g/mol. The van der Waals surface area contributed by atoms with E-state index in [0.29, 0.717) is 5.75 Å². The Hall–Kier alpha value is -1.87. The van der Waals surface area contributed by atoms with E-state index in [1.165, 1.54) is 12.1 Å². The number of ether oxygens (including phenoxy) is 1. The molecule has 0 radical (unpaired) electrons. The highest BCUT2D eigenvalue weighted by Crippen LogP contribution is 2.26. The van der Waals surface area contributed by atoms with Crippen molar-refractivity contribution in [2.24, 2.45) is 5.73 Å². The van der Waals surface area contributed by atoms with E-state index in [1.807, 2.05) is 24.3 Å². The van der Waals surface area contributed by atoms with Crippen molar-refractivity contribution < 1.29 is 9.13 Å². The van der Waals surface area contributed by atoms with Crippen LogP contribution in [-0.2, 0) is 6.42 Å². The number of hydrogen-bond acceptors (Lipinski definition) is 2. The third kappa shape index (κ3) is 3.80. The van der Waals surface area contributed by atoms with E-state index in [0.717, 1.165) is 24.2 Å². The molecule has 0 saturated carbocycles. The molecule has 1 atom stereocenters. The Morgan fingerprint density at radius 3 is 2.47 bits per heavy atom. The molecule has 0 spiro atoms. The fourth-order valence-electron chi connectivity index (χ4n) is 1.83. The average molecular weight is 259 g/mol. The van der Waals surface area contributed by atoms with Crippen LogP contribution < -0.4 is 10.5 Å².